The molecular weight excluding hydrogens is 572 g/mol. The van der Waals surface area contributed by atoms with Crippen LogP contribution in [0.5, 0.6) is 17.2 Å². The van der Waals surface area contributed by atoms with Crippen molar-refractivity contribution in [3.8, 4) is 17.2 Å². The summed E-state index contributed by atoms with van der Waals surface area (Å²) in [6.45, 7) is 15.4. The third-order valence-electron chi connectivity index (χ3n) is 9.64. The SMILES string of the molecule is CC(C)=CCCC1(C)C=Cc2c(O)c(C(=O)C3=CC4CC5C3C(C/C=C(\C)C(=O)O)(O4)OC5(C)C)c(O)c(CC=C(C)C)c2O1. The number of benzene rings is 1. The molecule has 5 aliphatic rings. The second-order valence-electron chi connectivity index (χ2n) is 14.2. The van der Waals surface area contributed by atoms with E-state index in [4.69, 9.17) is 14.2 Å². The Balaban J connectivity index is 1.60. The van der Waals surface area contributed by atoms with Gasteiger partial charge in [-0.2, -0.15) is 0 Å². The molecule has 0 amide bonds. The number of hydrogen-bond donors (Lipinski definition) is 3. The average Bonchev–Trinajstić information content (AvgIpc) is 3.11. The number of fused-ring (bicyclic) bond motifs is 1. The molecule has 0 aromatic heterocycles. The standard InChI is InChI=1S/C37H46O8/c1-20(2)10-9-15-36(8)16-14-25-31(39)28(30(38)24(33(25)44-36)12-11-21(3)4)32(40)26-18-23-19-27-29(26)37(43-23,45-35(27,6)7)17-13-22(5)34(41)42/h10-11,13-14,16,18,23,27,29,38-39H,9,12,15,17,19H2,1-8H3,(H,41,42)/b22-13+. The number of carboxylic acid groups (broad SMARTS) is 1. The smallest absolute Gasteiger partial charge is 0.330 e. The summed E-state index contributed by atoms with van der Waals surface area (Å²) in [5.74, 6) is -3.65. The monoisotopic (exact) mass is 618 g/mol. The fraction of sp³-hybridized carbons (Fsp3) is 0.514. The molecule has 4 aliphatic heterocycles. The Morgan fingerprint density at radius 1 is 1.00 bits per heavy atom. The summed E-state index contributed by atoms with van der Waals surface area (Å²) in [5, 5.41) is 32.9. The van der Waals surface area contributed by atoms with Crippen molar-refractivity contribution in [2.45, 2.75) is 111 Å². The van der Waals surface area contributed by atoms with Crippen LogP contribution in [-0.2, 0) is 20.7 Å². The maximum atomic E-state index is 14.6. The number of phenols is 2. The average molecular weight is 619 g/mol. The van der Waals surface area contributed by atoms with Crippen molar-refractivity contribution in [3.63, 3.8) is 0 Å². The van der Waals surface area contributed by atoms with E-state index in [1.54, 1.807) is 18.2 Å². The summed E-state index contributed by atoms with van der Waals surface area (Å²) in [6, 6.07) is 0. The molecule has 1 aromatic carbocycles. The Morgan fingerprint density at radius 3 is 2.33 bits per heavy atom. The van der Waals surface area contributed by atoms with E-state index in [1.807, 2.05) is 46.8 Å². The molecule has 4 bridgehead atoms. The fourth-order valence-corrected chi connectivity index (χ4v) is 7.25. The number of phenolic OH excluding ortho intramolecular Hbond substituents is 2. The maximum Gasteiger partial charge on any atom is 0.330 e. The highest BCUT2D eigenvalue weighted by Crippen LogP contribution is 2.62. The van der Waals surface area contributed by atoms with E-state index in [-0.39, 0.29) is 35.0 Å². The van der Waals surface area contributed by atoms with Gasteiger partial charge in [0.15, 0.2) is 11.6 Å². The van der Waals surface area contributed by atoms with Gasteiger partial charge in [-0.15, -0.1) is 0 Å². The Labute approximate surface area is 265 Å². The molecule has 4 heterocycles. The van der Waals surface area contributed by atoms with Crippen molar-refractivity contribution in [2.24, 2.45) is 11.8 Å². The molecule has 0 saturated carbocycles. The number of Topliss-reactive ketones (excluding diaryl/α,β-unsaturated/α-hetero) is 1. The second-order valence-corrected chi connectivity index (χ2v) is 14.2. The summed E-state index contributed by atoms with van der Waals surface area (Å²) < 4.78 is 19.5. The van der Waals surface area contributed by atoms with E-state index < -0.39 is 40.8 Å². The number of ketones is 1. The van der Waals surface area contributed by atoms with E-state index in [0.717, 1.165) is 12.0 Å². The molecule has 6 rings (SSSR count). The molecule has 242 valence electrons. The molecule has 0 radical (unpaired) electrons. The largest absolute Gasteiger partial charge is 0.507 e. The van der Waals surface area contributed by atoms with Crippen LogP contribution in [0.15, 0.2) is 52.7 Å². The van der Waals surface area contributed by atoms with Crippen LogP contribution in [-0.4, -0.2) is 50.2 Å². The molecule has 3 N–H and O–H groups in total. The van der Waals surface area contributed by atoms with E-state index in [9.17, 15) is 24.9 Å². The zero-order valence-corrected chi connectivity index (χ0v) is 27.6. The molecule has 8 heteroatoms. The van der Waals surface area contributed by atoms with E-state index in [1.165, 1.54) is 12.5 Å². The summed E-state index contributed by atoms with van der Waals surface area (Å²) in [6.07, 6.45) is 13.3. The van der Waals surface area contributed by atoms with Gasteiger partial charge in [-0.3, -0.25) is 4.79 Å². The fourth-order valence-electron chi connectivity index (χ4n) is 7.25. The summed E-state index contributed by atoms with van der Waals surface area (Å²) >= 11 is 0. The topological polar surface area (TPSA) is 123 Å². The summed E-state index contributed by atoms with van der Waals surface area (Å²) in [5.41, 5.74) is 2.13. The lowest BCUT2D eigenvalue weighted by Gasteiger charge is -2.47. The molecule has 2 saturated heterocycles. The molecule has 2 fully saturated rings. The maximum absolute atomic E-state index is 14.6. The zero-order valence-electron chi connectivity index (χ0n) is 27.6. The first kappa shape index (κ1) is 32.8. The van der Waals surface area contributed by atoms with Crippen molar-refractivity contribution in [3.05, 3.63) is 69.4 Å². The first-order valence-corrected chi connectivity index (χ1v) is 15.8. The Bertz CT molecular complexity index is 1580. The van der Waals surface area contributed by atoms with Crippen LogP contribution < -0.4 is 4.74 Å². The van der Waals surface area contributed by atoms with Crippen molar-refractivity contribution >= 4 is 17.8 Å². The van der Waals surface area contributed by atoms with E-state index in [2.05, 4.69) is 19.9 Å². The van der Waals surface area contributed by atoms with Gasteiger partial charge in [0.25, 0.3) is 0 Å². The van der Waals surface area contributed by atoms with Gasteiger partial charge < -0.3 is 29.5 Å². The molecule has 5 unspecified atom stereocenters. The lowest BCUT2D eigenvalue weighted by atomic mass is 9.65. The predicted molar refractivity (Wildman–Crippen MR) is 172 cm³/mol. The summed E-state index contributed by atoms with van der Waals surface area (Å²) in [4.78, 5) is 26.1. The first-order chi connectivity index (χ1) is 21.0. The van der Waals surface area contributed by atoms with Gasteiger partial charge in [0.1, 0.15) is 28.4 Å². The minimum atomic E-state index is -1.24. The highest BCUT2D eigenvalue weighted by molar-refractivity contribution is 6.14. The van der Waals surface area contributed by atoms with Gasteiger partial charge >= 0.3 is 5.97 Å². The Kier molecular flexibility index (Phi) is 8.47. The molecule has 1 aliphatic carbocycles. The van der Waals surface area contributed by atoms with Crippen LogP contribution in [0.3, 0.4) is 0 Å². The number of ether oxygens (including phenoxy) is 3. The first-order valence-electron chi connectivity index (χ1n) is 15.8. The molecule has 1 aromatic rings. The highest BCUT2D eigenvalue weighted by atomic mass is 16.7. The van der Waals surface area contributed by atoms with Gasteiger partial charge in [0, 0.05) is 35.0 Å². The van der Waals surface area contributed by atoms with Gasteiger partial charge in [-0.05, 0) is 99.3 Å². The van der Waals surface area contributed by atoms with Crippen molar-refractivity contribution in [1.29, 1.82) is 0 Å². The molecule has 5 atom stereocenters. The number of hydrogen-bond acceptors (Lipinski definition) is 7. The minimum Gasteiger partial charge on any atom is -0.507 e. The van der Waals surface area contributed by atoms with Gasteiger partial charge in [0.05, 0.1) is 17.3 Å². The van der Waals surface area contributed by atoms with E-state index in [0.29, 0.717) is 41.7 Å². The third kappa shape index (κ3) is 5.90. The van der Waals surface area contributed by atoms with Crippen LogP contribution in [0.25, 0.3) is 6.08 Å². The lowest BCUT2D eigenvalue weighted by molar-refractivity contribution is -0.271. The highest BCUT2D eigenvalue weighted by Gasteiger charge is 2.67. The number of aromatic hydroxyl groups is 2. The van der Waals surface area contributed by atoms with Gasteiger partial charge in [-0.1, -0.05) is 29.4 Å². The number of rotatable bonds is 10. The van der Waals surface area contributed by atoms with Crippen molar-refractivity contribution in [2.75, 3.05) is 0 Å². The number of carboxylic acids is 1. The normalized spacial score (nSPS) is 29.0. The number of carbonyl (C=O) groups is 2. The number of aliphatic carboxylic acids is 1. The van der Waals surface area contributed by atoms with Gasteiger partial charge in [-0.25, -0.2) is 4.79 Å². The molecular formula is C37H46O8. The number of allylic oxidation sites excluding steroid dienone is 4. The van der Waals surface area contributed by atoms with Gasteiger partial charge in [0.2, 0.25) is 0 Å². The predicted octanol–water partition coefficient (Wildman–Crippen LogP) is 7.59. The molecule has 45 heavy (non-hydrogen) atoms. The Hall–Kier alpha value is -3.62. The van der Waals surface area contributed by atoms with Crippen LogP contribution in [0, 0.1) is 11.8 Å². The summed E-state index contributed by atoms with van der Waals surface area (Å²) in [7, 11) is 0. The van der Waals surface area contributed by atoms with Crippen LogP contribution in [0.4, 0.5) is 0 Å². The van der Waals surface area contributed by atoms with Crippen LogP contribution >= 0.6 is 0 Å². The Morgan fingerprint density at radius 2 is 1.69 bits per heavy atom. The lowest BCUT2D eigenvalue weighted by Crippen LogP contribution is -2.52. The minimum absolute atomic E-state index is 0.0875. The second kappa shape index (κ2) is 11.6. The van der Waals surface area contributed by atoms with Crippen LogP contribution in [0.2, 0.25) is 0 Å². The van der Waals surface area contributed by atoms with E-state index >= 15 is 0 Å². The molecule has 0 spiro atoms. The van der Waals surface area contributed by atoms with Crippen molar-refractivity contribution < 1.29 is 39.1 Å². The molecule has 8 nitrogen and oxygen atoms in total. The zero-order chi connectivity index (χ0) is 33.1. The van der Waals surface area contributed by atoms with Crippen molar-refractivity contribution in [1.82, 2.24) is 0 Å². The third-order valence-corrected chi connectivity index (χ3v) is 9.64. The number of carbonyl (C=O) groups excluding carboxylic acids is 1. The van der Waals surface area contributed by atoms with Crippen LogP contribution in [0.1, 0.15) is 103 Å². The quantitative estimate of drug-likeness (QED) is 0.139.